The molecule has 2 fully saturated rings. The van der Waals surface area contributed by atoms with Crippen LogP contribution in [0.25, 0.3) is 0 Å². The standard InChI is InChI=1S/C16H22OS2/c1-15(2)12-14(19-13-6-4-3-5-7-13)16(17-15)8-10-18-11-9-16/h3-7,14H,8-12H2,1-2H3. The Kier molecular flexibility index (Phi) is 3.89. The first-order chi connectivity index (χ1) is 9.10. The molecular formula is C16H22OS2. The molecular weight excluding hydrogens is 272 g/mol. The average Bonchev–Trinajstić information content (AvgIpc) is 2.62. The first-order valence-electron chi connectivity index (χ1n) is 7.09. The van der Waals surface area contributed by atoms with Crippen LogP contribution in [0.15, 0.2) is 35.2 Å². The molecule has 0 amide bonds. The Morgan fingerprint density at radius 2 is 1.84 bits per heavy atom. The monoisotopic (exact) mass is 294 g/mol. The zero-order chi connectivity index (χ0) is 13.3. The van der Waals surface area contributed by atoms with Crippen LogP contribution in [0, 0.1) is 0 Å². The molecule has 2 heterocycles. The summed E-state index contributed by atoms with van der Waals surface area (Å²) in [5.74, 6) is 2.50. The van der Waals surface area contributed by atoms with E-state index in [2.05, 4.69) is 55.9 Å². The van der Waals surface area contributed by atoms with Gasteiger partial charge in [0.25, 0.3) is 0 Å². The Bertz CT molecular complexity index is 424. The van der Waals surface area contributed by atoms with Gasteiger partial charge >= 0.3 is 0 Å². The smallest absolute Gasteiger partial charge is 0.0828 e. The summed E-state index contributed by atoms with van der Waals surface area (Å²) in [6.45, 7) is 4.50. The van der Waals surface area contributed by atoms with Gasteiger partial charge in [-0.15, -0.1) is 11.8 Å². The second-order valence-electron chi connectivity index (χ2n) is 6.16. The van der Waals surface area contributed by atoms with Crippen molar-refractivity contribution in [3.8, 4) is 0 Å². The van der Waals surface area contributed by atoms with Gasteiger partial charge in [-0.25, -0.2) is 0 Å². The third kappa shape index (κ3) is 2.98. The van der Waals surface area contributed by atoms with Gasteiger partial charge in [-0.2, -0.15) is 11.8 Å². The minimum atomic E-state index is 0.0362. The van der Waals surface area contributed by atoms with Gasteiger partial charge in [0.2, 0.25) is 0 Å². The average molecular weight is 294 g/mol. The molecule has 104 valence electrons. The highest BCUT2D eigenvalue weighted by molar-refractivity contribution is 8.00. The Hall–Kier alpha value is -0.120. The molecule has 0 N–H and O–H groups in total. The fraction of sp³-hybridized carbons (Fsp3) is 0.625. The predicted octanol–water partition coefficient (Wildman–Crippen LogP) is 4.61. The van der Waals surface area contributed by atoms with Crippen molar-refractivity contribution in [2.45, 2.75) is 54.5 Å². The highest BCUT2D eigenvalue weighted by Crippen LogP contribution is 2.51. The normalized spacial score (nSPS) is 28.6. The Morgan fingerprint density at radius 3 is 2.53 bits per heavy atom. The van der Waals surface area contributed by atoms with Crippen molar-refractivity contribution in [2.24, 2.45) is 0 Å². The quantitative estimate of drug-likeness (QED) is 0.788. The van der Waals surface area contributed by atoms with Crippen molar-refractivity contribution in [1.82, 2.24) is 0 Å². The number of hydrogen-bond acceptors (Lipinski definition) is 3. The first-order valence-corrected chi connectivity index (χ1v) is 9.13. The van der Waals surface area contributed by atoms with Crippen LogP contribution in [0.5, 0.6) is 0 Å². The summed E-state index contributed by atoms with van der Waals surface area (Å²) >= 11 is 4.10. The summed E-state index contributed by atoms with van der Waals surface area (Å²) < 4.78 is 6.53. The molecule has 2 aliphatic heterocycles. The summed E-state index contributed by atoms with van der Waals surface area (Å²) in [5, 5.41) is 0.603. The van der Waals surface area contributed by atoms with E-state index in [4.69, 9.17) is 4.74 Å². The minimum Gasteiger partial charge on any atom is -0.368 e. The maximum atomic E-state index is 6.53. The SMILES string of the molecule is CC1(C)CC(Sc2ccccc2)C2(CCSCC2)O1. The first kappa shape index (κ1) is 13.8. The molecule has 1 aromatic rings. The van der Waals surface area contributed by atoms with Gasteiger partial charge in [0, 0.05) is 10.1 Å². The lowest BCUT2D eigenvalue weighted by Gasteiger charge is -2.38. The van der Waals surface area contributed by atoms with Crippen molar-refractivity contribution >= 4 is 23.5 Å². The molecule has 3 heteroatoms. The molecule has 0 saturated carbocycles. The van der Waals surface area contributed by atoms with Crippen molar-refractivity contribution in [3.05, 3.63) is 30.3 Å². The van der Waals surface area contributed by atoms with E-state index < -0.39 is 0 Å². The van der Waals surface area contributed by atoms with Crippen LogP contribution in [-0.4, -0.2) is 28.0 Å². The van der Waals surface area contributed by atoms with Crippen LogP contribution in [0.2, 0.25) is 0 Å². The topological polar surface area (TPSA) is 9.23 Å². The molecule has 1 spiro atoms. The molecule has 1 aromatic carbocycles. The van der Waals surface area contributed by atoms with E-state index in [1.165, 1.54) is 29.2 Å². The summed E-state index contributed by atoms with van der Waals surface area (Å²) in [4.78, 5) is 1.38. The summed E-state index contributed by atoms with van der Waals surface area (Å²) in [5.41, 5.74) is 0.156. The molecule has 0 radical (unpaired) electrons. The predicted molar refractivity (Wildman–Crippen MR) is 85.2 cm³/mol. The van der Waals surface area contributed by atoms with Gasteiger partial charge < -0.3 is 4.74 Å². The van der Waals surface area contributed by atoms with Gasteiger partial charge in [0.1, 0.15) is 0 Å². The van der Waals surface area contributed by atoms with Gasteiger partial charge in [-0.05, 0) is 56.7 Å². The van der Waals surface area contributed by atoms with Gasteiger partial charge in [-0.1, -0.05) is 18.2 Å². The fourth-order valence-electron chi connectivity index (χ4n) is 3.24. The van der Waals surface area contributed by atoms with E-state index in [-0.39, 0.29) is 11.2 Å². The second-order valence-corrected chi connectivity index (χ2v) is 8.66. The summed E-state index contributed by atoms with van der Waals surface area (Å²) in [6.07, 6.45) is 3.59. The van der Waals surface area contributed by atoms with Crippen molar-refractivity contribution in [2.75, 3.05) is 11.5 Å². The third-order valence-corrected chi connectivity index (χ3v) is 6.51. The number of thioether (sulfide) groups is 2. The number of rotatable bonds is 2. The van der Waals surface area contributed by atoms with Crippen LogP contribution < -0.4 is 0 Å². The van der Waals surface area contributed by atoms with E-state index in [9.17, 15) is 0 Å². The van der Waals surface area contributed by atoms with E-state index in [0.717, 1.165) is 6.42 Å². The van der Waals surface area contributed by atoms with Crippen molar-refractivity contribution in [3.63, 3.8) is 0 Å². The number of benzene rings is 1. The van der Waals surface area contributed by atoms with Gasteiger partial charge in [0.05, 0.1) is 11.2 Å². The number of ether oxygens (including phenoxy) is 1. The highest BCUT2D eigenvalue weighted by atomic mass is 32.2. The molecule has 1 unspecified atom stereocenters. The van der Waals surface area contributed by atoms with Gasteiger partial charge in [0.15, 0.2) is 0 Å². The maximum Gasteiger partial charge on any atom is 0.0828 e. The molecule has 3 rings (SSSR count). The largest absolute Gasteiger partial charge is 0.368 e. The minimum absolute atomic E-state index is 0.0362. The Morgan fingerprint density at radius 1 is 1.16 bits per heavy atom. The second kappa shape index (κ2) is 5.34. The summed E-state index contributed by atoms with van der Waals surface area (Å²) in [7, 11) is 0. The van der Waals surface area contributed by atoms with Crippen molar-refractivity contribution in [1.29, 1.82) is 0 Å². The van der Waals surface area contributed by atoms with Crippen LogP contribution >= 0.6 is 23.5 Å². The molecule has 19 heavy (non-hydrogen) atoms. The van der Waals surface area contributed by atoms with Crippen LogP contribution in [-0.2, 0) is 4.74 Å². The maximum absolute atomic E-state index is 6.53. The fourth-order valence-corrected chi connectivity index (χ4v) is 6.05. The zero-order valence-corrected chi connectivity index (χ0v) is 13.4. The zero-order valence-electron chi connectivity index (χ0n) is 11.7. The van der Waals surface area contributed by atoms with E-state index >= 15 is 0 Å². The van der Waals surface area contributed by atoms with E-state index in [0.29, 0.717) is 5.25 Å². The molecule has 0 bridgehead atoms. The third-order valence-electron chi connectivity index (χ3n) is 4.10. The van der Waals surface area contributed by atoms with Crippen molar-refractivity contribution < 1.29 is 4.74 Å². The van der Waals surface area contributed by atoms with Crippen LogP contribution in [0.4, 0.5) is 0 Å². The number of hydrogen-bond donors (Lipinski definition) is 0. The highest BCUT2D eigenvalue weighted by Gasteiger charge is 2.52. The molecule has 0 aliphatic carbocycles. The van der Waals surface area contributed by atoms with Crippen LogP contribution in [0.1, 0.15) is 33.1 Å². The molecule has 2 saturated heterocycles. The molecule has 0 aromatic heterocycles. The lowest BCUT2D eigenvalue weighted by molar-refractivity contribution is -0.0878. The molecule has 1 atom stereocenters. The van der Waals surface area contributed by atoms with Gasteiger partial charge in [-0.3, -0.25) is 0 Å². The molecule has 1 nitrogen and oxygen atoms in total. The molecule has 2 aliphatic rings. The van der Waals surface area contributed by atoms with E-state index in [1.807, 2.05) is 11.8 Å². The van der Waals surface area contributed by atoms with Crippen LogP contribution in [0.3, 0.4) is 0 Å². The van der Waals surface area contributed by atoms with E-state index in [1.54, 1.807) is 0 Å². The lowest BCUT2D eigenvalue weighted by Crippen LogP contribution is -2.42. The lowest BCUT2D eigenvalue weighted by atomic mass is 9.91. The Labute approximate surface area is 124 Å². The summed E-state index contributed by atoms with van der Waals surface area (Å²) in [6, 6.07) is 10.8. The Balaban J connectivity index is 1.81.